The van der Waals surface area contributed by atoms with Crippen LogP contribution in [0.4, 0.5) is 0 Å². The average Bonchev–Trinajstić information content (AvgIpc) is 2.66. The summed E-state index contributed by atoms with van der Waals surface area (Å²) < 4.78 is 2.34. The van der Waals surface area contributed by atoms with Gasteiger partial charge in [0.25, 0.3) is 0 Å². The summed E-state index contributed by atoms with van der Waals surface area (Å²) in [4.78, 5) is 4.38. The van der Waals surface area contributed by atoms with Crippen LogP contribution in [0.2, 0.25) is 0 Å². The summed E-state index contributed by atoms with van der Waals surface area (Å²) in [6.45, 7) is 6.75. The van der Waals surface area contributed by atoms with E-state index in [1.54, 1.807) is 0 Å². The van der Waals surface area contributed by atoms with E-state index in [-0.39, 0.29) is 0 Å². The van der Waals surface area contributed by atoms with Crippen molar-refractivity contribution in [3.63, 3.8) is 0 Å². The lowest BCUT2D eigenvalue weighted by molar-refractivity contribution is 0.269. The monoisotopic (exact) mass is 193 g/mol. The highest BCUT2D eigenvalue weighted by Gasteiger charge is 2.23. The second-order valence-electron chi connectivity index (χ2n) is 4.14. The first-order valence-electron chi connectivity index (χ1n) is 5.55. The molecule has 3 heteroatoms. The molecule has 2 atom stereocenters. The van der Waals surface area contributed by atoms with E-state index in [0.717, 1.165) is 25.4 Å². The van der Waals surface area contributed by atoms with E-state index in [1.165, 1.54) is 12.2 Å². The maximum absolute atomic E-state index is 4.38. The summed E-state index contributed by atoms with van der Waals surface area (Å²) in [6.07, 6.45) is 6.33. The summed E-state index contributed by atoms with van der Waals surface area (Å²) in [7, 11) is 0. The van der Waals surface area contributed by atoms with E-state index in [0.29, 0.717) is 6.04 Å². The summed E-state index contributed by atoms with van der Waals surface area (Å²) in [5, 5.41) is 3.46. The number of piperidine rings is 1. The quantitative estimate of drug-likeness (QED) is 0.773. The van der Waals surface area contributed by atoms with Crippen molar-refractivity contribution in [3.8, 4) is 0 Å². The van der Waals surface area contributed by atoms with Crippen LogP contribution in [0.1, 0.15) is 32.1 Å². The molecule has 1 aromatic rings. The summed E-state index contributed by atoms with van der Waals surface area (Å²) in [5.74, 6) is 1.97. The molecule has 0 amide bonds. The van der Waals surface area contributed by atoms with Crippen LogP contribution in [0.25, 0.3) is 0 Å². The van der Waals surface area contributed by atoms with Gasteiger partial charge < -0.3 is 9.88 Å². The maximum atomic E-state index is 4.38. The Morgan fingerprint density at radius 2 is 2.50 bits per heavy atom. The molecule has 14 heavy (non-hydrogen) atoms. The molecule has 3 nitrogen and oxygen atoms in total. The number of hydrogen-bond donors (Lipinski definition) is 1. The number of nitrogens with one attached hydrogen (secondary N) is 1. The molecule has 78 valence electrons. The van der Waals surface area contributed by atoms with Crippen LogP contribution < -0.4 is 5.32 Å². The lowest BCUT2D eigenvalue weighted by Gasteiger charge is -2.31. The van der Waals surface area contributed by atoms with Crippen LogP contribution in [-0.4, -0.2) is 22.6 Å². The van der Waals surface area contributed by atoms with E-state index in [4.69, 9.17) is 0 Å². The van der Waals surface area contributed by atoms with Gasteiger partial charge in [-0.05, 0) is 18.9 Å². The topological polar surface area (TPSA) is 29.9 Å². The van der Waals surface area contributed by atoms with E-state index >= 15 is 0 Å². The van der Waals surface area contributed by atoms with Crippen LogP contribution >= 0.6 is 0 Å². The van der Waals surface area contributed by atoms with Crippen LogP contribution in [0.15, 0.2) is 12.4 Å². The van der Waals surface area contributed by atoms with Gasteiger partial charge in [-0.1, -0.05) is 13.8 Å². The number of nitrogens with zero attached hydrogens (tertiary/aromatic N) is 2. The minimum absolute atomic E-state index is 0.598. The Kier molecular flexibility index (Phi) is 2.87. The van der Waals surface area contributed by atoms with E-state index < -0.39 is 0 Å². The Morgan fingerprint density at radius 3 is 3.21 bits per heavy atom. The zero-order valence-electron chi connectivity index (χ0n) is 9.03. The van der Waals surface area contributed by atoms with Crippen molar-refractivity contribution < 1.29 is 0 Å². The number of aryl methyl sites for hydroxylation is 1. The molecule has 1 aromatic heterocycles. The maximum Gasteiger partial charge on any atom is 0.108 e. The van der Waals surface area contributed by atoms with Crippen LogP contribution in [0.3, 0.4) is 0 Å². The summed E-state index contributed by atoms with van der Waals surface area (Å²) >= 11 is 0. The molecular formula is C11H19N3. The Morgan fingerprint density at radius 1 is 1.64 bits per heavy atom. The number of hydrogen-bond acceptors (Lipinski definition) is 2. The molecule has 0 bridgehead atoms. The fourth-order valence-corrected chi connectivity index (χ4v) is 2.27. The average molecular weight is 193 g/mol. The first-order valence-corrected chi connectivity index (χ1v) is 5.55. The second-order valence-corrected chi connectivity index (χ2v) is 4.14. The normalized spacial score (nSPS) is 27.9. The first-order chi connectivity index (χ1) is 6.83. The molecule has 0 radical (unpaired) electrons. The Labute approximate surface area is 85.5 Å². The van der Waals surface area contributed by atoms with E-state index in [1.807, 2.05) is 6.20 Å². The molecule has 2 rings (SSSR count). The largest absolute Gasteiger partial charge is 0.330 e. The van der Waals surface area contributed by atoms with Gasteiger partial charge in [-0.3, -0.25) is 0 Å². The third-order valence-electron chi connectivity index (χ3n) is 3.21. The van der Waals surface area contributed by atoms with Crippen molar-refractivity contribution in [2.45, 2.75) is 32.7 Å². The lowest BCUT2D eigenvalue weighted by atomic mass is 9.94. The third-order valence-corrected chi connectivity index (χ3v) is 3.21. The van der Waals surface area contributed by atoms with E-state index in [9.17, 15) is 0 Å². The Hall–Kier alpha value is -0.830. The van der Waals surface area contributed by atoms with Crippen molar-refractivity contribution >= 4 is 0 Å². The van der Waals surface area contributed by atoms with Gasteiger partial charge in [-0.25, -0.2) is 4.98 Å². The van der Waals surface area contributed by atoms with Gasteiger partial charge in [0.1, 0.15) is 5.82 Å². The standard InChI is InChI=1S/C11H19N3/c1-3-11-13-6-7-14(11)10-8-12-5-4-9(10)2/h6-7,9-10,12H,3-5,8H2,1-2H3. The molecule has 1 saturated heterocycles. The Balaban J connectivity index is 2.20. The van der Waals surface area contributed by atoms with Crippen LogP contribution in [-0.2, 0) is 6.42 Å². The predicted octanol–water partition coefficient (Wildman–Crippen LogP) is 1.62. The van der Waals surface area contributed by atoms with Gasteiger partial charge in [0.15, 0.2) is 0 Å². The van der Waals surface area contributed by atoms with Gasteiger partial charge >= 0.3 is 0 Å². The molecule has 2 heterocycles. The van der Waals surface area contributed by atoms with Crippen molar-refractivity contribution in [2.24, 2.45) is 5.92 Å². The van der Waals surface area contributed by atoms with Crippen LogP contribution in [0, 0.1) is 5.92 Å². The molecule has 1 fully saturated rings. The molecule has 0 spiro atoms. The van der Waals surface area contributed by atoms with Crippen LogP contribution in [0.5, 0.6) is 0 Å². The third kappa shape index (κ3) is 1.69. The molecule has 1 N–H and O–H groups in total. The molecule has 1 aliphatic rings. The summed E-state index contributed by atoms with van der Waals surface area (Å²) in [5.41, 5.74) is 0. The molecule has 1 aliphatic heterocycles. The minimum Gasteiger partial charge on any atom is -0.330 e. The summed E-state index contributed by atoms with van der Waals surface area (Å²) in [6, 6.07) is 0.598. The molecule has 0 aromatic carbocycles. The molecule has 2 unspecified atom stereocenters. The van der Waals surface area contributed by atoms with Gasteiger partial charge in [-0.15, -0.1) is 0 Å². The first kappa shape index (κ1) is 9.71. The number of aromatic nitrogens is 2. The van der Waals surface area contributed by atoms with Gasteiger partial charge in [0.05, 0.1) is 0 Å². The van der Waals surface area contributed by atoms with Gasteiger partial charge in [0.2, 0.25) is 0 Å². The fraction of sp³-hybridized carbons (Fsp3) is 0.727. The highest BCUT2D eigenvalue weighted by atomic mass is 15.1. The zero-order valence-corrected chi connectivity index (χ0v) is 9.03. The van der Waals surface area contributed by atoms with Crippen molar-refractivity contribution in [1.29, 1.82) is 0 Å². The van der Waals surface area contributed by atoms with Crippen molar-refractivity contribution in [3.05, 3.63) is 18.2 Å². The lowest BCUT2D eigenvalue weighted by Crippen LogP contribution is -2.37. The fourth-order valence-electron chi connectivity index (χ4n) is 2.27. The van der Waals surface area contributed by atoms with E-state index in [2.05, 4.69) is 34.9 Å². The molecular weight excluding hydrogens is 174 g/mol. The van der Waals surface area contributed by atoms with Gasteiger partial charge in [-0.2, -0.15) is 0 Å². The van der Waals surface area contributed by atoms with Gasteiger partial charge in [0, 0.05) is 31.4 Å². The SMILES string of the molecule is CCc1nccn1C1CNCCC1C. The molecule has 0 aliphatic carbocycles. The molecule has 0 saturated carbocycles. The predicted molar refractivity (Wildman–Crippen MR) is 57.3 cm³/mol. The highest BCUT2D eigenvalue weighted by molar-refractivity contribution is 4.97. The van der Waals surface area contributed by atoms with Crippen molar-refractivity contribution in [1.82, 2.24) is 14.9 Å². The van der Waals surface area contributed by atoms with Crippen molar-refractivity contribution in [2.75, 3.05) is 13.1 Å². The minimum atomic E-state index is 0.598. The second kappa shape index (κ2) is 4.13. The number of imidazole rings is 1. The Bertz CT molecular complexity index is 292. The number of rotatable bonds is 2. The zero-order chi connectivity index (χ0) is 9.97. The smallest absolute Gasteiger partial charge is 0.108 e. The highest BCUT2D eigenvalue weighted by Crippen LogP contribution is 2.24.